The summed E-state index contributed by atoms with van der Waals surface area (Å²) < 4.78 is 0. The van der Waals surface area contributed by atoms with Crippen LogP contribution in [0.4, 0.5) is 0 Å². The van der Waals surface area contributed by atoms with E-state index in [4.69, 9.17) is 5.11 Å². The molecule has 0 bridgehead atoms. The zero-order chi connectivity index (χ0) is 22.6. The van der Waals surface area contributed by atoms with Crippen LogP contribution in [-0.4, -0.2) is 41.2 Å². The lowest BCUT2D eigenvalue weighted by Crippen LogP contribution is -2.16. The van der Waals surface area contributed by atoms with Gasteiger partial charge in [0.25, 0.3) is 0 Å². The van der Waals surface area contributed by atoms with Crippen LogP contribution in [0.2, 0.25) is 0 Å². The summed E-state index contributed by atoms with van der Waals surface area (Å²) >= 11 is 0. The first-order chi connectivity index (χ1) is 16.2. The maximum atomic E-state index is 10.9. The van der Waals surface area contributed by atoms with E-state index in [2.05, 4.69) is 54.4 Å². The van der Waals surface area contributed by atoms with Gasteiger partial charge in [-0.3, -0.25) is 14.9 Å². The molecule has 3 heterocycles. The second-order valence-electron chi connectivity index (χ2n) is 8.45. The lowest BCUT2D eigenvalue weighted by molar-refractivity contribution is -0.138. The Morgan fingerprint density at radius 2 is 1.64 bits per heavy atom. The van der Waals surface area contributed by atoms with Crippen LogP contribution in [0.5, 0.6) is 0 Å². The molecule has 2 N–H and O–H groups in total. The van der Waals surface area contributed by atoms with Crippen molar-refractivity contribution in [1.29, 1.82) is 0 Å². The summed E-state index contributed by atoms with van der Waals surface area (Å²) in [6.45, 7) is 0. The van der Waals surface area contributed by atoms with Gasteiger partial charge < -0.3 is 5.11 Å². The van der Waals surface area contributed by atoms with Crippen LogP contribution in [0.15, 0.2) is 61.1 Å². The number of carboxylic acid groups (broad SMARTS) is 1. The van der Waals surface area contributed by atoms with E-state index in [0.717, 1.165) is 42.5 Å². The second kappa shape index (κ2) is 9.28. The average molecular weight is 441 g/mol. The highest BCUT2D eigenvalue weighted by atomic mass is 16.4. The van der Waals surface area contributed by atoms with E-state index < -0.39 is 5.97 Å². The van der Waals surface area contributed by atoms with Crippen molar-refractivity contribution < 1.29 is 9.90 Å². The molecule has 1 aromatic carbocycles. The summed E-state index contributed by atoms with van der Waals surface area (Å²) in [5.41, 5.74) is 4.07. The van der Waals surface area contributed by atoms with Gasteiger partial charge in [0.05, 0.1) is 5.69 Å². The fourth-order valence-electron chi connectivity index (χ4n) is 4.48. The molecule has 0 spiro atoms. The Kier molecular flexibility index (Phi) is 5.89. The summed E-state index contributed by atoms with van der Waals surface area (Å²) in [6, 6.07) is 14.2. The molecule has 0 aliphatic heterocycles. The van der Waals surface area contributed by atoms with Crippen molar-refractivity contribution in [2.75, 3.05) is 0 Å². The number of aromatic nitrogens is 6. The first-order valence-electron chi connectivity index (χ1n) is 11.1. The Morgan fingerprint density at radius 1 is 0.909 bits per heavy atom. The SMILES string of the molecule is O=C(O)CC1CCC(c2ccc(-c3ccc(-c4n[nH]c(-c5ncccn5)n4)cn3)cc2)CC1. The lowest BCUT2D eigenvalue weighted by Gasteiger charge is -2.28. The van der Waals surface area contributed by atoms with Gasteiger partial charge in [-0.25, -0.2) is 15.0 Å². The molecule has 4 aromatic rings. The number of hydrogen-bond acceptors (Lipinski definition) is 6. The topological polar surface area (TPSA) is 118 Å². The zero-order valence-electron chi connectivity index (χ0n) is 18.1. The minimum atomic E-state index is -0.685. The van der Waals surface area contributed by atoms with E-state index in [1.807, 2.05) is 12.1 Å². The molecule has 0 saturated heterocycles. The number of pyridine rings is 1. The highest BCUT2D eigenvalue weighted by Gasteiger charge is 2.24. The van der Waals surface area contributed by atoms with Crippen LogP contribution in [-0.2, 0) is 4.79 Å². The average Bonchev–Trinajstić information content (AvgIpc) is 3.36. The fraction of sp³-hybridized carbons (Fsp3) is 0.280. The molecule has 0 unspecified atom stereocenters. The van der Waals surface area contributed by atoms with E-state index in [9.17, 15) is 4.79 Å². The van der Waals surface area contributed by atoms with Crippen LogP contribution in [0.3, 0.4) is 0 Å². The van der Waals surface area contributed by atoms with Gasteiger partial charge in [-0.2, -0.15) is 5.10 Å². The van der Waals surface area contributed by atoms with Crippen LogP contribution >= 0.6 is 0 Å². The number of H-pyrrole nitrogens is 1. The number of nitrogens with zero attached hydrogens (tertiary/aromatic N) is 5. The lowest BCUT2D eigenvalue weighted by atomic mass is 9.77. The number of carbonyl (C=O) groups is 1. The molecule has 5 rings (SSSR count). The van der Waals surface area contributed by atoms with Crippen LogP contribution in [0.25, 0.3) is 34.3 Å². The molecular weight excluding hydrogens is 416 g/mol. The maximum Gasteiger partial charge on any atom is 0.303 e. The van der Waals surface area contributed by atoms with Gasteiger partial charge in [-0.1, -0.05) is 24.3 Å². The zero-order valence-corrected chi connectivity index (χ0v) is 18.1. The molecule has 3 aromatic heterocycles. The minimum Gasteiger partial charge on any atom is -0.481 e. The molecule has 0 radical (unpaired) electrons. The van der Waals surface area contributed by atoms with Crippen molar-refractivity contribution in [3.63, 3.8) is 0 Å². The van der Waals surface area contributed by atoms with Crippen molar-refractivity contribution in [2.45, 2.75) is 38.0 Å². The predicted octanol–water partition coefficient (Wildman–Crippen LogP) is 4.74. The Bertz CT molecular complexity index is 1210. The van der Waals surface area contributed by atoms with E-state index in [-0.39, 0.29) is 0 Å². The number of nitrogens with one attached hydrogen (secondary N) is 1. The van der Waals surface area contributed by atoms with Gasteiger partial charge in [0, 0.05) is 36.1 Å². The summed E-state index contributed by atoms with van der Waals surface area (Å²) in [4.78, 5) is 28.4. The summed E-state index contributed by atoms with van der Waals surface area (Å²) in [5, 5.41) is 16.1. The molecule has 1 saturated carbocycles. The Labute approximate surface area is 191 Å². The van der Waals surface area contributed by atoms with Gasteiger partial charge in [-0.15, -0.1) is 0 Å². The van der Waals surface area contributed by atoms with Crippen LogP contribution in [0, 0.1) is 5.92 Å². The van der Waals surface area contributed by atoms with Crippen molar-refractivity contribution in [3.05, 3.63) is 66.6 Å². The number of aromatic amines is 1. The van der Waals surface area contributed by atoms with E-state index in [1.54, 1.807) is 24.7 Å². The standard InChI is InChI=1S/C25H24N6O2/c32-22(33)14-16-2-4-17(5-3-16)18-6-8-19(9-7-18)21-11-10-20(15-28-21)23-29-25(31-30-23)24-26-12-1-13-27-24/h1,6-13,15-17H,2-5,14H2,(H,32,33)(H,29,30,31). The van der Waals surface area contributed by atoms with Gasteiger partial charge >= 0.3 is 5.97 Å². The van der Waals surface area contributed by atoms with Crippen molar-refractivity contribution >= 4 is 5.97 Å². The van der Waals surface area contributed by atoms with Gasteiger partial charge in [-0.05, 0) is 61.3 Å². The molecule has 33 heavy (non-hydrogen) atoms. The smallest absolute Gasteiger partial charge is 0.303 e. The Morgan fingerprint density at radius 3 is 2.30 bits per heavy atom. The number of hydrogen-bond donors (Lipinski definition) is 2. The number of rotatable bonds is 6. The quantitative estimate of drug-likeness (QED) is 0.445. The molecule has 0 amide bonds. The molecule has 0 atom stereocenters. The summed E-state index contributed by atoms with van der Waals surface area (Å²) in [6.07, 6.45) is 9.47. The summed E-state index contributed by atoms with van der Waals surface area (Å²) in [5.74, 6) is 1.70. The van der Waals surface area contributed by atoms with E-state index >= 15 is 0 Å². The first kappa shape index (κ1) is 20.9. The van der Waals surface area contributed by atoms with E-state index in [0.29, 0.717) is 35.7 Å². The van der Waals surface area contributed by atoms with Gasteiger partial charge in [0.2, 0.25) is 0 Å². The third kappa shape index (κ3) is 4.79. The van der Waals surface area contributed by atoms with Crippen molar-refractivity contribution in [3.8, 4) is 34.3 Å². The fourth-order valence-corrected chi connectivity index (χ4v) is 4.48. The third-order valence-electron chi connectivity index (χ3n) is 6.27. The van der Waals surface area contributed by atoms with Crippen molar-refractivity contribution in [1.82, 2.24) is 30.1 Å². The number of carboxylic acids is 1. The normalized spacial score (nSPS) is 18.2. The summed E-state index contributed by atoms with van der Waals surface area (Å²) in [7, 11) is 0. The van der Waals surface area contributed by atoms with Crippen LogP contribution in [0.1, 0.15) is 43.6 Å². The largest absolute Gasteiger partial charge is 0.481 e. The maximum absolute atomic E-state index is 10.9. The monoisotopic (exact) mass is 440 g/mol. The van der Waals surface area contributed by atoms with Gasteiger partial charge in [0.1, 0.15) is 0 Å². The minimum absolute atomic E-state index is 0.294. The number of aliphatic carboxylic acids is 1. The highest BCUT2D eigenvalue weighted by Crippen LogP contribution is 2.37. The highest BCUT2D eigenvalue weighted by molar-refractivity contribution is 5.67. The Hall–Kier alpha value is -3.94. The molecule has 1 aliphatic carbocycles. The van der Waals surface area contributed by atoms with Crippen molar-refractivity contribution in [2.24, 2.45) is 5.92 Å². The van der Waals surface area contributed by atoms with Crippen LogP contribution < -0.4 is 0 Å². The molecular formula is C25H24N6O2. The van der Waals surface area contributed by atoms with E-state index in [1.165, 1.54) is 5.56 Å². The number of benzene rings is 1. The third-order valence-corrected chi connectivity index (χ3v) is 6.27. The molecule has 166 valence electrons. The molecule has 8 nitrogen and oxygen atoms in total. The second-order valence-corrected chi connectivity index (χ2v) is 8.45. The Balaban J connectivity index is 1.25. The first-order valence-corrected chi connectivity index (χ1v) is 11.1. The van der Waals surface area contributed by atoms with Gasteiger partial charge in [0.15, 0.2) is 17.5 Å². The molecule has 1 aliphatic rings. The molecule has 1 fully saturated rings. The molecule has 8 heteroatoms. The predicted molar refractivity (Wildman–Crippen MR) is 123 cm³/mol.